The number of aliphatic hydroxyl groups is 2. The summed E-state index contributed by atoms with van der Waals surface area (Å²) in [6, 6.07) is 1.51. The Bertz CT molecular complexity index is 395. The zero-order valence-electron chi connectivity index (χ0n) is 8.92. The Labute approximate surface area is 92.9 Å². The summed E-state index contributed by atoms with van der Waals surface area (Å²) in [4.78, 5) is 14.6. The minimum absolute atomic E-state index is 0.310. The van der Waals surface area contributed by atoms with E-state index in [1.54, 1.807) is 6.92 Å². The average Bonchev–Trinajstić information content (AvgIpc) is 2.19. The van der Waals surface area contributed by atoms with E-state index >= 15 is 0 Å². The van der Waals surface area contributed by atoms with Crippen LogP contribution >= 0.6 is 0 Å². The third-order valence-corrected chi connectivity index (χ3v) is 2.24. The van der Waals surface area contributed by atoms with Crippen LogP contribution in [0.4, 0.5) is 5.69 Å². The zero-order chi connectivity index (χ0) is 12.3. The van der Waals surface area contributed by atoms with Crippen molar-refractivity contribution in [2.45, 2.75) is 25.6 Å². The maximum Gasteiger partial charge on any atom is 0.220 e. The number of aliphatic hydroxyl groups excluding tert-OH is 2. The molecule has 16 heavy (non-hydrogen) atoms. The van der Waals surface area contributed by atoms with Gasteiger partial charge in [0.05, 0.1) is 24.4 Å². The van der Waals surface area contributed by atoms with Gasteiger partial charge >= 0.3 is 0 Å². The first-order valence-electron chi connectivity index (χ1n) is 4.78. The Morgan fingerprint density at radius 1 is 1.56 bits per heavy atom. The molecule has 1 aromatic rings. The molecular formula is C10H15N3O3. The Kier molecular flexibility index (Phi) is 3.81. The molecule has 2 atom stereocenters. The van der Waals surface area contributed by atoms with Crippen LogP contribution in [0.25, 0.3) is 0 Å². The topological polar surface area (TPSA) is 122 Å². The van der Waals surface area contributed by atoms with Crippen molar-refractivity contribution in [1.29, 1.82) is 0 Å². The van der Waals surface area contributed by atoms with E-state index in [9.17, 15) is 15.0 Å². The van der Waals surface area contributed by atoms with E-state index in [2.05, 4.69) is 4.98 Å². The zero-order valence-corrected chi connectivity index (χ0v) is 8.92. The number of primary amides is 1. The van der Waals surface area contributed by atoms with Crippen LogP contribution in [0.3, 0.4) is 0 Å². The average molecular weight is 225 g/mol. The van der Waals surface area contributed by atoms with Crippen LogP contribution in [0.1, 0.15) is 23.8 Å². The second-order valence-corrected chi connectivity index (χ2v) is 3.63. The summed E-state index contributed by atoms with van der Waals surface area (Å²) in [5.41, 5.74) is 11.8. The predicted octanol–water partition coefficient (Wildman–Crippen LogP) is -0.758. The summed E-state index contributed by atoms with van der Waals surface area (Å²) in [5.74, 6) is -0.680. The molecule has 6 nitrogen and oxygen atoms in total. The van der Waals surface area contributed by atoms with E-state index in [0.29, 0.717) is 16.9 Å². The largest absolute Gasteiger partial charge is 0.397 e. The van der Waals surface area contributed by atoms with Crippen LogP contribution in [0.2, 0.25) is 0 Å². The molecule has 0 spiro atoms. The molecule has 1 rings (SSSR count). The number of amides is 1. The molecule has 2 unspecified atom stereocenters. The van der Waals surface area contributed by atoms with Crippen LogP contribution in [0.5, 0.6) is 0 Å². The lowest BCUT2D eigenvalue weighted by Crippen LogP contribution is -2.26. The molecule has 6 heteroatoms. The molecule has 0 bridgehead atoms. The number of nitrogens with zero attached hydrogens (tertiary/aromatic N) is 1. The lowest BCUT2D eigenvalue weighted by molar-refractivity contribution is -0.121. The molecular weight excluding hydrogens is 210 g/mol. The van der Waals surface area contributed by atoms with Crippen LogP contribution < -0.4 is 11.5 Å². The van der Waals surface area contributed by atoms with Gasteiger partial charge in [-0.3, -0.25) is 9.78 Å². The fourth-order valence-electron chi connectivity index (χ4n) is 1.39. The van der Waals surface area contributed by atoms with Crippen molar-refractivity contribution in [2.24, 2.45) is 5.73 Å². The molecule has 1 aromatic heterocycles. The van der Waals surface area contributed by atoms with Crippen molar-refractivity contribution in [2.75, 3.05) is 5.73 Å². The molecule has 0 aromatic carbocycles. The number of hydrogen-bond acceptors (Lipinski definition) is 5. The summed E-state index contributed by atoms with van der Waals surface area (Å²) in [7, 11) is 0. The van der Waals surface area contributed by atoms with E-state index in [1.165, 1.54) is 12.3 Å². The highest BCUT2D eigenvalue weighted by molar-refractivity contribution is 5.74. The van der Waals surface area contributed by atoms with Crippen molar-refractivity contribution in [3.63, 3.8) is 0 Å². The van der Waals surface area contributed by atoms with Gasteiger partial charge in [0.1, 0.15) is 6.10 Å². The van der Waals surface area contributed by atoms with Gasteiger partial charge in [0.2, 0.25) is 5.91 Å². The Morgan fingerprint density at radius 2 is 2.19 bits per heavy atom. The third kappa shape index (κ3) is 2.91. The molecule has 0 fully saturated rings. The normalized spacial score (nSPS) is 14.4. The van der Waals surface area contributed by atoms with Gasteiger partial charge in [-0.2, -0.15) is 0 Å². The first-order chi connectivity index (χ1) is 7.41. The van der Waals surface area contributed by atoms with E-state index in [-0.39, 0.29) is 6.42 Å². The van der Waals surface area contributed by atoms with Crippen molar-refractivity contribution >= 4 is 11.6 Å². The summed E-state index contributed by atoms with van der Waals surface area (Å²) in [5, 5.41) is 19.3. The summed E-state index contributed by atoms with van der Waals surface area (Å²) in [6.45, 7) is 1.68. The summed E-state index contributed by atoms with van der Waals surface area (Å²) >= 11 is 0. The minimum atomic E-state index is -1.25. The number of rotatable bonds is 4. The highest BCUT2D eigenvalue weighted by Gasteiger charge is 2.22. The predicted molar refractivity (Wildman–Crippen MR) is 58.2 cm³/mol. The van der Waals surface area contributed by atoms with Gasteiger partial charge in [-0.05, 0) is 13.0 Å². The molecule has 0 saturated carbocycles. The Hall–Kier alpha value is -1.66. The lowest BCUT2D eigenvalue weighted by atomic mass is 10.0. The van der Waals surface area contributed by atoms with Gasteiger partial charge in [0, 0.05) is 11.3 Å². The van der Waals surface area contributed by atoms with Crippen LogP contribution in [0.15, 0.2) is 12.3 Å². The van der Waals surface area contributed by atoms with Crippen LogP contribution in [-0.2, 0) is 4.79 Å². The number of aryl methyl sites for hydroxylation is 1. The number of hydrogen-bond donors (Lipinski definition) is 4. The number of nitrogens with two attached hydrogens (primary N) is 2. The highest BCUT2D eigenvalue weighted by Crippen LogP contribution is 2.22. The van der Waals surface area contributed by atoms with Crippen LogP contribution in [-0.4, -0.2) is 27.2 Å². The Morgan fingerprint density at radius 3 is 2.75 bits per heavy atom. The van der Waals surface area contributed by atoms with Gasteiger partial charge in [-0.25, -0.2) is 0 Å². The molecule has 6 N–H and O–H groups in total. The van der Waals surface area contributed by atoms with Gasteiger partial charge in [-0.1, -0.05) is 0 Å². The van der Waals surface area contributed by atoms with E-state index in [1.807, 2.05) is 0 Å². The van der Waals surface area contributed by atoms with Crippen molar-refractivity contribution in [3.05, 3.63) is 23.5 Å². The molecule has 0 aliphatic carbocycles. The molecule has 88 valence electrons. The maximum atomic E-state index is 10.6. The molecule has 1 amide bonds. The fraction of sp³-hybridized carbons (Fsp3) is 0.400. The van der Waals surface area contributed by atoms with Crippen molar-refractivity contribution < 1.29 is 15.0 Å². The number of anilines is 1. The van der Waals surface area contributed by atoms with Crippen LogP contribution in [0, 0.1) is 6.92 Å². The van der Waals surface area contributed by atoms with Gasteiger partial charge < -0.3 is 21.7 Å². The molecule has 0 saturated heterocycles. The summed E-state index contributed by atoms with van der Waals surface area (Å²) < 4.78 is 0. The van der Waals surface area contributed by atoms with Gasteiger partial charge in [0.15, 0.2) is 0 Å². The maximum absolute atomic E-state index is 10.6. The lowest BCUT2D eigenvalue weighted by Gasteiger charge is -2.18. The number of carbonyl (C=O) groups is 1. The minimum Gasteiger partial charge on any atom is -0.397 e. The number of aromatic nitrogens is 1. The fourth-order valence-corrected chi connectivity index (χ4v) is 1.39. The van der Waals surface area contributed by atoms with Crippen molar-refractivity contribution in [1.82, 2.24) is 4.98 Å². The first-order valence-corrected chi connectivity index (χ1v) is 4.78. The third-order valence-electron chi connectivity index (χ3n) is 2.24. The molecule has 0 radical (unpaired) electrons. The molecule has 1 heterocycles. The monoisotopic (exact) mass is 225 g/mol. The van der Waals surface area contributed by atoms with E-state index in [0.717, 1.165) is 0 Å². The summed E-state index contributed by atoms with van der Waals surface area (Å²) in [6.07, 6.45) is -1.33. The standard InChI is InChI=1S/C10H15N3O3/c1-5-7(2-6(11)4-13-5)10(16)8(14)3-9(12)15/h2,4,8,10,14,16H,3,11H2,1H3,(H2,12,15). The van der Waals surface area contributed by atoms with Gasteiger partial charge in [0.25, 0.3) is 0 Å². The quantitative estimate of drug-likeness (QED) is 0.536. The van der Waals surface area contributed by atoms with Crippen molar-refractivity contribution in [3.8, 4) is 0 Å². The van der Waals surface area contributed by atoms with E-state index in [4.69, 9.17) is 11.5 Å². The second-order valence-electron chi connectivity index (χ2n) is 3.63. The number of carbonyl (C=O) groups excluding carboxylic acids is 1. The highest BCUT2D eigenvalue weighted by atomic mass is 16.3. The Balaban J connectivity index is 2.90. The SMILES string of the molecule is Cc1ncc(N)cc1C(O)C(O)CC(N)=O. The van der Waals surface area contributed by atoms with Gasteiger partial charge in [-0.15, -0.1) is 0 Å². The molecule has 0 aliphatic heterocycles. The first kappa shape index (κ1) is 12.4. The smallest absolute Gasteiger partial charge is 0.220 e. The number of pyridine rings is 1. The molecule has 0 aliphatic rings. The number of nitrogen functional groups attached to an aromatic ring is 1. The van der Waals surface area contributed by atoms with E-state index < -0.39 is 18.1 Å². The second kappa shape index (κ2) is 4.91.